The van der Waals surface area contributed by atoms with Gasteiger partial charge in [0.05, 0.1) is 13.2 Å². The number of nitrogens with zero attached hydrogens (tertiary/aromatic N) is 4. The molecule has 1 aromatic heterocycles. The average molecular weight is 332 g/mol. The van der Waals surface area contributed by atoms with E-state index >= 15 is 0 Å². The summed E-state index contributed by atoms with van der Waals surface area (Å²) in [5.41, 5.74) is 0.417. The van der Waals surface area contributed by atoms with Crippen molar-refractivity contribution in [2.24, 2.45) is 0 Å². The highest BCUT2D eigenvalue weighted by Gasteiger charge is 2.41. The summed E-state index contributed by atoms with van der Waals surface area (Å²) in [7, 11) is 0. The van der Waals surface area contributed by atoms with Crippen LogP contribution in [0.1, 0.15) is 42.6 Å². The van der Waals surface area contributed by atoms with Gasteiger partial charge in [-0.2, -0.15) is 0 Å². The second kappa shape index (κ2) is 6.64. The van der Waals surface area contributed by atoms with Crippen LogP contribution in [-0.2, 0) is 9.47 Å². The second-order valence-corrected chi connectivity index (χ2v) is 6.72. The summed E-state index contributed by atoms with van der Waals surface area (Å²) in [6, 6.07) is 3.71. The van der Waals surface area contributed by atoms with Crippen LogP contribution in [0.4, 0.5) is 5.82 Å². The zero-order chi connectivity index (χ0) is 16.4. The van der Waals surface area contributed by atoms with Gasteiger partial charge in [0.2, 0.25) is 0 Å². The molecule has 7 heteroatoms. The Bertz CT molecular complexity index is 570. The molecule has 4 rings (SSSR count). The maximum absolute atomic E-state index is 12.6. The van der Waals surface area contributed by atoms with Gasteiger partial charge in [0.1, 0.15) is 0 Å². The molecule has 0 aliphatic carbocycles. The summed E-state index contributed by atoms with van der Waals surface area (Å²) in [5.74, 6) is 0.359. The number of rotatable bonds is 2. The van der Waals surface area contributed by atoms with E-state index in [4.69, 9.17) is 9.47 Å². The number of piperidine rings is 2. The van der Waals surface area contributed by atoms with Gasteiger partial charge in [-0.05, 0) is 31.4 Å². The number of anilines is 1. The third-order valence-electron chi connectivity index (χ3n) is 5.18. The number of likely N-dealkylation sites (tertiary alicyclic amines) is 1. The van der Waals surface area contributed by atoms with E-state index in [1.807, 2.05) is 11.0 Å². The second-order valence-electron chi connectivity index (χ2n) is 6.72. The molecule has 24 heavy (non-hydrogen) atoms. The molecule has 0 atom stereocenters. The molecular formula is C17H24N4O3. The quantitative estimate of drug-likeness (QED) is 0.816. The highest BCUT2D eigenvalue weighted by molar-refractivity contribution is 5.92. The van der Waals surface area contributed by atoms with Gasteiger partial charge >= 0.3 is 0 Å². The van der Waals surface area contributed by atoms with Crippen molar-refractivity contribution >= 4 is 11.7 Å². The maximum Gasteiger partial charge on any atom is 0.274 e. The van der Waals surface area contributed by atoms with Crippen LogP contribution < -0.4 is 4.90 Å². The number of hydrogen-bond acceptors (Lipinski definition) is 6. The summed E-state index contributed by atoms with van der Waals surface area (Å²) in [6.45, 7) is 4.61. The van der Waals surface area contributed by atoms with E-state index in [9.17, 15) is 4.79 Å². The monoisotopic (exact) mass is 332 g/mol. The molecule has 130 valence electrons. The van der Waals surface area contributed by atoms with Crippen LogP contribution in [0.15, 0.2) is 12.1 Å². The number of carbonyl (C=O) groups excluding carboxylic acids is 1. The van der Waals surface area contributed by atoms with Gasteiger partial charge in [-0.25, -0.2) is 0 Å². The maximum atomic E-state index is 12.6. The first-order valence-corrected chi connectivity index (χ1v) is 8.92. The minimum atomic E-state index is -0.458. The van der Waals surface area contributed by atoms with E-state index in [1.54, 1.807) is 6.07 Å². The van der Waals surface area contributed by atoms with Crippen LogP contribution in [0.2, 0.25) is 0 Å². The molecule has 1 spiro atoms. The number of hydrogen-bond donors (Lipinski definition) is 0. The van der Waals surface area contributed by atoms with Crippen molar-refractivity contribution < 1.29 is 14.3 Å². The van der Waals surface area contributed by atoms with Crippen molar-refractivity contribution in [2.45, 2.75) is 37.9 Å². The largest absolute Gasteiger partial charge is 0.355 e. The standard InChI is InChI=1S/C17H24N4O3/c22-16(21-10-6-17(7-11-21)23-12-13-24-17)14-4-5-15(19-18-14)20-8-2-1-3-9-20/h4-5H,1-3,6-13H2. The Kier molecular flexibility index (Phi) is 4.37. The molecule has 3 aliphatic heterocycles. The van der Waals surface area contributed by atoms with E-state index in [1.165, 1.54) is 19.3 Å². The smallest absolute Gasteiger partial charge is 0.274 e. The Hall–Kier alpha value is -1.73. The fourth-order valence-electron chi connectivity index (χ4n) is 3.73. The number of ether oxygens (including phenoxy) is 2. The molecule has 7 nitrogen and oxygen atoms in total. The zero-order valence-electron chi connectivity index (χ0n) is 13.9. The Labute approximate surface area is 141 Å². The first-order valence-electron chi connectivity index (χ1n) is 8.92. The fraction of sp³-hybridized carbons (Fsp3) is 0.706. The van der Waals surface area contributed by atoms with E-state index in [-0.39, 0.29) is 5.91 Å². The van der Waals surface area contributed by atoms with Crippen LogP contribution >= 0.6 is 0 Å². The highest BCUT2D eigenvalue weighted by atomic mass is 16.7. The van der Waals surface area contributed by atoms with Crippen LogP contribution in [0.5, 0.6) is 0 Å². The predicted octanol–water partition coefficient (Wildman–Crippen LogP) is 1.45. The van der Waals surface area contributed by atoms with Gasteiger partial charge in [-0.15, -0.1) is 10.2 Å². The minimum absolute atomic E-state index is 0.0551. The van der Waals surface area contributed by atoms with Crippen LogP contribution in [-0.4, -0.2) is 66.2 Å². The third-order valence-corrected chi connectivity index (χ3v) is 5.18. The van der Waals surface area contributed by atoms with E-state index in [0.717, 1.165) is 31.7 Å². The number of carbonyl (C=O) groups is 1. The third kappa shape index (κ3) is 3.10. The van der Waals surface area contributed by atoms with Crippen LogP contribution in [0.3, 0.4) is 0 Å². The lowest BCUT2D eigenvalue weighted by molar-refractivity contribution is -0.181. The average Bonchev–Trinajstić information content (AvgIpc) is 3.11. The molecule has 1 amide bonds. The van der Waals surface area contributed by atoms with Gasteiger partial charge in [0.25, 0.3) is 5.91 Å². The van der Waals surface area contributed by atoms with Crippen LogP contribution in [0, 0.1) is 0 Å². The molecule has 3 fully saturated rings. The first-order chi connectivity index (χ1) is 11.8. The van der Waals surface area contributed by atoms with Gasteiger partial charge in [0.15, 0.2) is 17.3 Å². The molecule has 1 aromatic rings. The molecule has 0 radical (unpaired) electrons. The van der Waals surface area contributed by atoms with Gasteiger partial charge in [-0.1, -0.05) is 0 Å². The molecule has 0 aromatic carbocycles. The SMILES string of the molecule is O=C(c1ccc(N2CCCCC2)nn1)N1CCC2(CC1)OCCO2. The Morgan fingerprint density at radius 1 is 0.958 bits per heavy atom. The topological polar surface area (TPSA) is 67.8 Å². The fourth-order valence-corrected chi connectivity index (χ4v) is 3.73. The number of aromatic nitrogens is 2. The van der Waals surface area contributed by atoms with Gasteiger partial charge in [-0.3, -0.25) is 4.79 Å². The van der Waals surface area contributed by atoms with E-state index < -0.39 is 5.79 Å². The number of amides is 1. The van der Waals surface area contributed by atoms with Gasteiger partial charge in [0, 0.05) is 39.0 Å². The first kappa shape index (κ1) is 15.8. The summed E-state index contributed by atoms with van der Waals surface area (Å²) in [4.78, 5) is 16.7. The van der Waals surface area contributed by atoms with Crippen molar-refractivity contribution in [1.82, 2.24) is 15.1 Å². The summed E-state index contributed by atoms with van der Waals surface area (Å²) in [5, 5.41) is 8.44. The van der Waals surface area contributed by atoms with Crippen LogP contribution in [0.25, 0.3) is 0 Å². The molecule has 4 heterocycles. The summed E-state index contributed by atoms with van der Waals surface area (Å²) < 4.78 is 11.4. The highest BCUT2D eigenvalue weighted by Crippen LogP contribution is 2.31. The Morgan fingerprint density at radius 3 is 2.29 bits per heavy atom. The van der Waals surface area contributed by atoms with Crippen molar-refractivity contribution in [2.75, 3.05) is 44.3 Å². The Balaban J connectivity index is 1.37. The van der Waals surface area contributed by atoms with Gasteiger partial charge < -0.3 is 19.3 Å². The van der Waals surface area contributed by atoms with E-state index in [0.29, 0.717) is 32.0 Å². The van der Waals surface area contributed by atoms with Crippen molar-refractivity contribution in [3.63, 3.8) is 0 Å². The zero-order valence-corrected chi connectivity index (χ0v) is 13.9. The molecule has 0 bridgehead atoms. The van der Waals surface area contributed by atoms with E-state index in [2.05, 4.69) is 15.1 Å². The van der Waals surface area contributed by atoms with Crippen molar-refractivity contribution in [3.05, 3.63) is 17.8 Å². The minimum Gasteiger partial charge on any atom is -0.355 e. The van der Waals surface area contributed by atoms with Crippen molar-refractivity contribution in [1.29, 1.82) is 0 Å². The molecular weight excluding hydrogens is 308 g/mol. The molecule has 3 saturated heterocycles. The lowest BCUT2D eigenvalue weighted by atomic mass is 10.0. The summed E-state index contributed by atoms with van der Waals surface area (Å²) in [6.07, 6.45) is 5.12. The molecule has 0 saturated carbocycles. The lowest BCUT2D eigenvalue weighted by Gasteiger charge is -2.37. The van der Waals surface area contributed by atoms with Crippen molar-refractivity contribution in [3.8, 4) is 0 Å². The predicted molar refractivity (Wildman–Crippen MR) is 87.9 cm³/mol. The molecule has 0 N–H and O–H groups in total. The normalized spacial score (nSPS) is 23.7. The Morgan fingerprint density at radius 2 is 1.67 bits per heavy atom. The summed E-state index contributed by atoms with van der Waals surface area (Å²) >= 11 is 0. The lowest BCUT2D eigenvalue weighted by Crippen LogP contribution is -2.47. The molecule has 0 unspecified atom stereocenters. The molecule has 3 aliphatic rings.